The molecule has 0 fully saturated rings. The fourth-order valence-corrected chi connectivity index (χ4v) is 2.26. The number of carbonyl (C=O) groups is 1. The third-order valence-corrected chi connectivity index (χ3v) is 3.52. The van der Waals surface area contributed by atoms with Crippen molar-refractivity contribution in [3.63, 3.8) is 0 Å². The molecule has 6 heteroatoms. The molecule has 1 heterocycles. The van der Waals surface area contributed by atoms with Crippen LogP contribution in [0.2, 0.25) is 0 Å². The van der Waals surface area contributed by atoms with Gasteiger partial charge < -0.3 is 10.6 Å². The summed E-state index contributed by atoms with van der Waals surface area (Å²) in [5.74, 6) is -1.50. The number of nitrogens with zero attached hydrogens (tertiary/aromatic N) is 1. The Morgan fingerprint density at radius 2 is 1.76 bits per heavy atom. The van der Waals surface area contributed by atoms with Gasteiger partial charge in [-0.3, -0.25) is 9.78 Å². The zero-order valence-corrected chi connectivity index (χ0v) is 13.2. The molecule has 0 aliphatic rings. The van der Waals surface area contributed by atoms with Crippen LogP contribution in [0.15, 0.2) is 67.0 Å². The van der Waals surface area contributed by atoms with Gasteiger partial charge in [-0.05, 0) is 54.1 Å². The summed E-state index contributed by atoms with van der Waals surface area (Å²) in [5.41, 5.74) is 1.86. The third-order valence-electron chi connectivity index (χ3n) is 3.52. The van der Waals surface area contributed by atoms with E-state index in [-0.39, 0.29) is 17.9 Å². The van der Waals surface area contributed by atoms with E-state index in [4.69, 9.17) is 0 Å². The Hall–Kier alpha value is -3.28. The van der Waals surface area contributed by atoms with E-state index in [0.29, 0.717) is 11.4 Å². The maximum Gasteiger partial charge on any atom is 0.254 e. The van der Waals surface area contributed by atoms with Crippen LogP contribution in [0, 0.1) is 11.6 Å². The molecule has 0 spiro atoms. The smallest absolute Gasteiger partial charge is 0.254 e. The van der Waals surface area contributed by atoms with Crippen molar-refractivity contribution in [1.82, 2.24) is 10.3 Å². The SMILES string of the molecule is O=C(NCc1cccnc1)c1ccc(Nc2ccc(F)cc2)cc1F. The summed E-state index contributed by atoms with van der Waals surface area (Å²) in [6, 6.07) is 13.5. The fourth-order valence-electron chi connectivity index (χ4n) is 2.26. The van der Waals surface area contributed by atoms with Gasteiger partial charge in [0.2, 0.25) is 0 Å². The van der Waals surface area contributed by atoms with Gasteiger partial charge in [0, 0.05) is 30.3 Å². The van der Waals surface area contributed by atoms with E-state index in [0.717, 1.165) is 5.56 Å². The molecule has 0 saturated heterocycles. The molecule has 0 bridgehead atoms. The summed E-state index contributed by atoms with van der Waals surface area (Å²) in [4.78, 5) is 16.1. The second-order valence-electron chi connectivity index (χ2n) is 5.37. The van der Waals surface area contributed by atoms with Crippen LogP contribution >= 0.6 is 0 Å². The van der Waals surface area contributed by atoms with Crippen LogP contribution in [0.1, 0.15) is 15.9 Å². The van der Waals surface area contributed by atoms with Crippen molar-refractivity contribution in [3.05, 3.63) is 89.8 Å². The van der Waals surface area contributed by atoms with Crippen LogP contribution in [-0.4, -0.2) is 10.9 Å². The van der Waals surface area contributed by atoms with Crippen molar-refractivity contribution in [2.24, 2.45) is 0 Å². The number of nitrogens with one attached hydrogen (secondary N) is 2. The van der Waals surface area contributed by atoms with Gasteiger partial charge in [0.1, 0.15) is 11.6 Å². The third kappa shape index (κ3) is 4.38. The molecule has 1 amide bonds. The minimum atomic E-state index is -0.643. The lowest BCUT2D eigenvalue weighted by atomic mass is 10.1. The molecule has 1 aromatic heterocycles. The van der Waals surface area contributed by atoms with Crippen molar-refractivity contribution in [2.45, 2.75) is 6.54 Å². The molecule has 0 unspecified atom stereocenters. The summed E-state index contributed by atoms with van der Waals surface area (Å²) in [7, 11) is 0. The maximum atomic E-state index is 14.2. The van der Waals surface area contributed by atoms with Gasteiger partial charge in [-0.1, -0.05) is 6.07 Å². The van der Waals surface area contributed by atoms with E-state index < -0.39 is 11.7 Å². The number of hydrogen-bond donors (Lipinski definition) is 2. The van der Waals surface area contributed by atoms with Gasteiger partial charge in [0.15, 0.2) is 0 Å². The maximum absolute atomic E-state index is 14.2. The molecule has 0 radical (unpaired) electrons. The standard InChI is InChI=1S/C19H15F2N3O/c20-14-3-5-15(6-4-14)24-16-7-8-17(18(21)10-16)19(25)23-12-13-2-1-9-22-11-13/h1-11,24H,12H2,(H,23,25). The Morgan fingerprint density at radius 1 is 1.00 bits per heavy atom. The largest absolute Gasteiger partial charge is 0.355 e. The molecule has 2 N–H and O–H groups in total. The molecule has 3 rings (SSSR count). The first-order valence-electron chi connectivity index (χ1n) is 7.61. The highest BCUT2D eigenvalue weighted by Crippen LogP contribution is 2.20. The minimum absolute atomic E-state index is 0.0476. The highest BCUT2D eigenvalue weighted by Gasteiger charge is 2.12. The first kappa shape index (κ1) is 16.6. The zero-order valence-electron chi connectivity index (χ0n) is 13.2. The zero-order chi connectivity index (χ0) is 17.6. The molecule has 0 saturated carbocycles. The van der Waals surface area contributed by atoms with Gasteiger partial charge in [-0.2, -0.15) is 0 Å². The molecule has 0 aliphatic heterocycles. The summed E-state index contributed by atoms with van der Waals surface area (Å²) in [6.07, 6.45) is 3.27. The summed E-state index contributed by atoms with van der Waals surface area (Å²) < 4.78 is 27.1. The van der Waals surface area contributed by atoms with Crippen molar-refractivity contribution in [2.75, 3.05) is 5.32 Å². The lowest BCUT2D eigenvalue weighted by Crippen LogP contribution is -2.23. The molecule has 25 heavy (non-hydrogen) atoms. The van der Waals surface area contributed by atoms with E-state index in [2.05, 4.69) is 15.6 Å². The predicted molar refractivity (Wildman–Crippen MR) is 91.5 cm³/mol. The summed E-state index contributed by atoms with van der Waals surface area (Å²) in [6.45, 7) is 0.266. The highest BCUT2D eigenvalue weighted by molar-refractivity contribution is 5.94. The first-order valence-corrected chi connectivity index (χ1v) is 7.61. The van der Waals surface area contributed by atoms with Crippen LogP contribution in [0.3, 0.4) is 0 Å². The first-order chi connectivity index (χ1) is 12.1. The minimum Gasteiger partial charge on any atom is -0.355 e. The lowest BCUT2D eigenvalue weighted by molar-refractivity contribution is 0.0947. The Kier molecular flexibility index (Phi) is 4.99. The van der Waals surface area contributed by atoms with Gasteiger partial charge >= 0.3 is 0 Å². The van der Waals surface area contributed by atoms with Gasteiger partial charge in [-0.15, -0.1) is 0 Å². The van der Waals surface area contributed by atoms with Crippen molar-refractivity contribution >= 4 is 17.3 Å². The number of benzene rings is 2. The quantitative estimate of drug-likeness (QED) is 0.738. The van der Waals surface area contributed by atoms with Crippen LogP contribution in [-0.2, 0) is 6.54 Å². The molecular weight excluding hydrogens is 324 g/mol. The molecule has 126 valence electrons. The second kappa shape index (κ2) is 7.53. The molecule has 3 aromatic rings. The number of carbonyl (C=O) groups excluding carboxylic acids is 1. The lowest BCUT2D eigenvalue weighted by Gasteiger charge is -2.09. The number of rotatable bonds is 5. The van der Waals surface area contributed by atoms with E-state index in [1.165, 1.54) is 24.3 Å². The number of halogens is 2. The van der Waals surface area contributed by atoms with Crippen LogP contribution < -0.4 is 10.6 Å². The molecule has 0 aliphatic carbocycles. The van der Waals surface area contributed by atoms with Gasteiger partial charge in [-0.25, -0.2) is 8.78 Å². The van der Waals surface area contributed by atoms with Gasteiger partial charge in [0.25, 0.3) is 5.91 Å². The fraction of sp³-hybridized carbons (Fsp3) is 0.0526. The number of amides is 1. The Morgan fingerprint density at radius 3 is 2.44 bits per heavy atom. The van der Waals surface area contributed by atoms with Crippen molar-refractivity contribution < 1.29 is 13.6 Å². The topological polar surface area (TPSA) is 54.0 Å². The monoisotopic (exact) mass is 339 g/mol. The van der Waals surface area contributed by atoms with Crippen LogP contribution in [0.5, 0.6) is 0 Å². The number of aromatic nitrogens is 1. The average Bonchev–Trinajstić information content (AvgIpc) is 2.63. The van der Waals surface area contributed by atoms with Gasteiger partial charge in [0.05, 0.1) is 5.56 Å². The second-order valence-corrected chi connectivity index (χ2v) is 5.37. The normalized spacial score (nSPS) is 10.3. The van der Waals surface area contributed by atoms with E-state index in [1.807, 2.05) is 6.07 Å². The highest BCUT2D eigenvalue weighted by atomic mass is 19.1. The average molecular weight is 339 g/mol. The van der Waals surface area contributed by atoms with Crippen LogP contribution in [0.4, 0.5) is 20.2 Å². The molecular formula is C19H15F2N3O. The molecule has 0 atom stereocenters. The van der Waals surface area contributed by atoms with Crippen LogP contribution in [0.25, 0.3) is 0 Å². The summed E-state index contributed by atoms with van der Waals surface area (Å²) >= 11 is 0. The van der Waals surface area contributed by atoms with Crippen molar-refractivity contribution in [3.8, 4) is 0 Å². The Labute approximate surface area is 143 Å². The molecule has 2 aromatic carbocycles. The van der Waals surface area contributed by atoms with Crippen molar-refractivity contribution in [1.29, 1.82) is 0 Å². The summed E-state index contributed by atoms with van der Waals surface area (Å²) in [5, 5.41) is 5.60. The molecule has 4 nitrogen and oxygen atoms in total. The Balaban J connectivity index is 1.66. The number of anilines is 2. The van der Waals surface area contributed by atoms with E-state index in [1.54, 1.807) is 36.7 Å². The predicted octanol–water partition coefficient (Wildman–Crippen LogP) is 4.03. The van der Waals surface area contributed by atoms with E-state index in [9.17, 15) is 13.6 Å². The number of hydrogen-bond acceptors (Lipinski definition) is 3. The van der Waals surface area contributed by atoms with E-state index >= 15 is 0 Å². The number of pyridine rings is 1. The Bertz CT molecular complexity index is 868.